The zero-order chi connectivity index (χ0) is 13.8. The van der Waals surface area contributed by atoms with Crippen molar-refractivity contribution >= 4 is 29.4 Å². The number of para-hydroxylation sites is 1. The average Bonchev–Trinajstić information content (AvgIpc) is 2.70. The molecule has 1 aliphatic rings. The highest BCUT2D eigenvalue weighted by Gasteiger charge is 2.14. The number of rotatable bonds is 2. The van der Waals surface area contributed by atoms with Gasteiger partial charge in [0.2, 0.25) is 0 Å². The zero-order valence-electron chi connectivity index (χ0n) is 10.7. The SMILES string of the molecule is O=C(Nc1ccccc1)C1=CC=Cc2ccccc2S1. The maximum atomic E-state index is 12.3. The van der Waals surface area contributed by atoms with Crippen LogP contribution in [0.25, 0.3) is 6.08 Å². The third kappa shape index (κ3) is 2.83. The topological polar surface area (TPSA) is 29.1 Å². The number of fused-ring (bicyclic) bond motifs is 1. The molecule has 3 rings (SSSR count). The molecule has 0 bridgehead atoms. The van der Waals surface area contributed by atoms with Crippen molar-refractivity contribution in [3.8, 4) is 0 Å². The van der Waals surface area contributed by atoms with Gasteiger partial charge in [0, 0.05) is 10.6 Å². The van der Waals surface area contributed by atoms with E-state index in [0.717, 1.165) is 16.1 Å². The summed E-state index contributed by atoms with van der Waals surface area (Å²) < 4.78 is 0. The molecule has 0 saturated carbocycles. The minimum absolute atomic E-state index is 0.0810. The number of nitrogens with one attached hydrogen (secondary N) is 1. The van der Waals surface area contributed by atoms with Crippen LogP contribution in [0.2, 0.25) is 0 Å². The minimum atomic E-state index is -0.0810. The number of hydrogen-bond donors (Lipinski definition) is 1. The lowest BCUT2D eigenvalue weighted by Crippen LogP contribution is -2.12. The van der Waals surface area contributed by atoms with Gasteiger partial charge in [-0.3, -0.25) is 4.79 Å². The molecule has 0 radical (unpaired) electrons. The van der Waals surface area contributed by atoms with Crippen LogP contribution in [0.5, 0.6) is 0 Å². The highest BCUT2D eigenvalue weighted by Crippen LogP contribution is 2.33. The van der Waals surface area contributed by atoms with Crippen LogP contribution in [0.1, 0.15) is 5.56 Å². The molecule has 0 saturated heterocycles. The van der Waals surface area contributed by atoms with Crippen molar-refractivity contribution in [1.82, 2.24) is 0 Å². The van der Waals surface area contributed by atoms with Gasteiger partial charge in [0.15, 0.2) is 0 Å². The first-order chi connectivity index (χ1) is 9.83. The molecule has 1 amide bonds. The normalized spacial score (nSPS) is 13.1. The van der Waals surface area contributed by atoms with Crippen LogP contribution in [0.3, 0.4) is 0 Å². The Morgan fingerprint density at radius 1 is 0.950 bits per heavy atom. The Labute approximate surface area is 122 Å². The van der Waals surface area contributed by atoms with Gasteiger partial charge in [0.05, 0.1) is 4.91 Å². The van der Waals surface area contributed by atoms with Crippen molar-refractivity contribution in [1.29, 1.82) is 0 Å². The van der Waals surface area contributed by atoms with E-state index in [1.807, 2.05) is 72.8 Å². The van der Waals surface area contributed by atoms with Crippen molar-refractivity contribution in [2.75, 3.05) is 5.32 Å². The summed E-state index contributed by atoms with van der Waals surface area (Å²) in [5, 5.41) is 2.91. The summed E-state index contributed by atoms with van der Waals surface area (Å²) in [5.74, 6) is -0.0810. The van der Waals surface area contributed by atoms with Crippen molar-refractivity contribution in [3.63, 3.8) is 0 Å². The van der Waals surface area contributed by atoms with Crippen LogP contribution < -0.4 is 5.32 Å². The number of amides is 1. The van der Waals surface area contributed by atoms with Crippen LogP contribution in [0.15, 0.2) is 76.5 Å². The first-order valence-electron chi connectivity index (χ1n) is 6.34. The third-order valence-electron chi connectivity index (χ3n) is 2.92. The zero-order valence-corrected chi connectivity index (χ0v) is 11.6. The Morgan fingerprint density at radius 2 is 1.70 bits per heavy atom. The number of allylic oxidation sites excluding steroid dienone is 2. The Kier molecular flexibility index (Phi) is 3.70. The fourth-order valence-corrected chi connectivity index (χ4v) is 2.87. The molecule has 0 fully saturated rings. The molecule has 2 nitrogen and oxygen atoms in total. The van der Waals surface area contributed by atoms with Gasteiger partial charge in [-0.25, -0.2) is 0 Å². The lowest BCUT2D eigenvalue weighted by Gasteiger charge is -2.08. The van der Waals surface area contributed by atoms with Crippen molar-refractivity contribution in [3.05, 3.63) is 77.2 Å². The predicted octanol–water partition coefficient (Wildman–Crippen LogP) is 4.33. The summed E-state index contributed by atoms with van der Waals surface area (Å²) in [6.07, 6.45) is 5.78. The lowest BCUT2D eigenvalue weighted by molar-refractivity contribution is -0.112. The molecule has 2 aromatic rings. The number of carbonyl (C=O) groups excluding carboxylic acids is 1. The van der Waals surface area contributed by atoms with E-state index in [1.165, 1.54) is 11.8 Å². The molecular formula is C17H13NOS. The van der Waals surface area contributed by atoms with E-state index < -0.39 is 0 Å². The van der Waals surface area contributed by atoms with E-state index in [4.69, 9.17) is 0 Å². The molecular weight excluding hydrogens is 266 g/mol. The lowest BCUT2D eigenvalue weighted by atomic mass is 10.2. The first kappa shape index (κ1) is 12.8. The summed E-state index contributed by atoms with van der Waals surface area (Å²) in [4.78, 5) is 14.1. The Morgan fingerprint density at radius 3 is 2.55 bits per heavy atom. The molecule has 3 heteroatoms. The van der Waals surface area contributed by atoms with Gasteiger partial charge in [0.25, 0.3) is 5.91 Å². The molecule has 98 valence electrons. The number of benzene rings is 2. The number of carbonyl (C=O) groups is 1. The van der Waals surface area contributed by atoms with Crippen molar-refractivity contribution in [2.45, 2.75) is 4.90 Å². The Balaban J connectivity index is 1.80. The molecule has 0 aliphatic carbocycles. The van der Waals surface area contributed by atoms with Gasteiger partial charge in [-0.2, -0.15) is 0 Å². The second-order valence-electron chi connectivity index (χ2n) is 4.35. The van der Waals surface area contributed by atoms with Gasteiger partial charge in [-0.15, -0.1) is 0 Å². The maximum absolute atomic E-state index is 12.3. The molecule has 1 heterocycles. The summed E-state index contributed by atoms with van der Waals surface area (Å²) >= 11 is 1.49. The van der Waals surface area contributed by atoms with Crippen molar-refractivity contribution < 1.29 is 4.79 Å². The summed E-state index contributed by atoms with van der Waals surface area (Å²) in [6.45, 7) is 0. The standard InChI is InChI=1S/C17H13NOS/c19-17(18-14-9-2-1-3-10-14)16-12-6-8-13-7-4-5-11-15(13)20-16/h1-12H,(H,18,19). The Hall–Kier alpha value is -2.26. The van der Waals surface area contributed by atoms with Crippen LogP contribution in [-0.4, -0.2) is 5.91 Å². The molecule has 20 heavy (non-hydrogen) atoms. The van der Waals surface area contributed by atoms with E-state index >= 15 is 0 Å². The van der Waals surface area contributed by atoms with Gasteiger partial charge in [-0.05, 0) is 29.8 Å². The number of anilines is 1. The largest absolute Gasteiger partial charge is 0.322 e. The monoisotopic (exact) mass is 279 g/mol. The first-order valence-corrected chi connectivity index (χ1v) is 7.16. The molecule has 0 unspecified atom stereocenters. The van der Waals surface area contributed by atoms with Crippen LogP contribution in [0, 0.1) is 0 Å². The van der Waals surface area contributed by atoms with Gasteiger partial charge >= 0.3 is 0 Å². The number of thioether (sulfide) groups is 1. The van der Waals surface area contributed by atoms with E-state index in [-0.39, 0.29) is 5.91 Å². The molecule has 0 spiro atoms. The quantitative estimate of drug-likeness (QED) is 0.886. The highest BCUT2D eigenvalue weighted by molar-refractivity contribution is 8.04. The van der Waals surface area contributed by atoms with E-state index in [1.54, 1.807) is 0 Å². The van der Waals surface area contributed by atoms with Crippen LogP contribution >= 0.6 is 11.8 Å². The maximum Gasteiger partial charge on any atom is 0.262 e. The molecule has 0 aromatic heterocycles. The summed E-state index contributed by atoms with van der Waals surface area (Å²) in [6, 6.07) is 17.5. The van der Waals surface area contributed by atoms with Gasteiger partial charge in [-0.1, -0.05) is 60.3 Å². The fraction of sp³-hybridized carbons (Fsp3) is 0. The van der Waals surface area contributed by atoms with E-state index in [2.05, 4.69) is 5.32 Å². The van der Waals surface area contributed by atoms with Crippen LogP contribution in [0.4, 0.5) is 5.69 Å². The molecule has 2 aromatic carbocycles. The Bertz CT molecular complexity index is 689. The number of hydrogen-bond acceptors (Lipinski definition) is 2. The predicted molar refractivity (Wildman–Crippen MR) is 84.5 cm³/mol. The van der Waals surface area contributed by atoms with Gasteiger partial charge in [0.1, 0.15) is 0 Å². The smallest absolute Gasteiger partial charge is 0.262 e. The molecule has 1 N–H and O–H groups in total. The van der Waals surface area contributed by atoms with E-state index in [0.29, 0.717) is 4.91 Å². The molecule has 0 atom stereocenters. The minimum Gasteiger partial charge on any atom is -0.322 e. The third-order valence-corrected chi connectivity index (χ3v) is 4.05. The summed E-state index contributed by atoms with van der Waals surface area (Å²) in [5.41, 5.74) is 1.94. The summed E-state index contributed by atoms with van der Waals surface area (Å²) in [7, 11) is 0. The second kappa shape index (κ2) is 5.80. The van der Waals surface area contributed by atoms with Gasteiger partial charge < -0.3 is 5.32 Å². The second-order valence-corrected chi connectivity index (χ2v) is 5.43. The van der Waals surface area contributed by atoms with Crippen molar-refractivity contribution in [2.24, 2.45) is 0 Å². The molecule has 1 aliphatic heterocycles. The van der Waals surface area contributed by atoms with Crippen LogP contribution in [-0.2, 0) is 4.79 Å². The highest BCUT2D eigenvalue weighted by atomic mass is 32.2. The van der Waals surface area contributed by atoms with E-state index in [9.17, 15) is 4.79 Å². The average molecular weight is 279 g/mol. The fourth-order valence-electron chi connectivity index (χ4n) is 1.94.